The van der Waals surface area contributed by atoms with Gasteiger partial charge < -0.3 is 5.11 Å². The van der Waals surface area contributed by atoms with Crippen LogP contribution in [0.2, 0.25) is 0 Å². The van der Waals surface area contributed by atoms with Crippen molar-refractivity contribution in [1.82, 2.24) is 4.90 Å². The number of fused-ring (bicyclic) bond motifs is 1. The highest BCUT2D eigenvalue weighted by molar-refractivity contribution is 7.99. The van der Waals surface area contributed by atoms with Crippen LogP contribution >= 0.6 is 11.8 Å². The predicted octanol–water partition coefficient (Wildman–Crippen LogP) is 3.02. The number of nitrogens with zero attached hydrogens (tertiary/aromatic N) is 1. The van der Waals surface area contributed by atoms with Crippen molar-refractivity contribution in [2.75, 3.05) is 12.8 Å². The van der Waals surface area contributed by atoms with Crippen LogP contribution in [0.15, 0.2) is 29.2 Å². The van der Waals surface area contributed by atoms with Gasteiger partial charge in [-0.1, -0.05) is 25.1 Å². The van der Waals surface area contributed by atoms with Gasteiger partial charge in [-0.15, -0.1) is 11.8 Å². The molecule has 2 unspecified atom stereocenters. The van der Waals surface area contributed by atoms with Crippen LogP contribution in [0.4, 0.5) is 0 Å². The Labute approximate surface area is 112 Å². The molecule has 1 heterocycles. The van der Waals surface area contributed by atoms with E-state index in [-0.39, 0.29) is 6.04 Å². The molecule has 1 aromatic carbocycles. The van der Waals surface area contributed by atoms with Crippen molar-refractivity contribution in [3.05, 3.63) is 29.8 Å². The molecule has 2 rings (SSSR count). The molecule has 0 aromatic heterocycles. The topological polar surface area (TPSA) is 40.5 Å². The number of benzene rings is 1. The lowest BCUT2D eigenvalue weighted by Gasteiger charge is -2.36. The molecule has 0 bridgehead atoms. The minimum Gasteiger partial charge on any atom is -0.480 e. The molecular weight excluding hydrogens is 246 g/mol. The average Bonchev–Trinajstić information content (AvgIpc) is 2.38. The molecular formula is C14H19NO2S. The van der Waals surface area contributed by atoms with Gasteiger partial charge in [-0.3, -0.25) is 9.69 Å². The molecule has 18 heavy (non-hydrogen) atoms. The first-order chi connectivity index (χ1) is 8.65. The van der Waals surface area contributed by atoms with E-state index in [2.05, 4.69) is 12.1 Å². The second-order valence-corrected chi connectivity index (χ2v) is 5.76. The van der Waals surface area contributed by atoms with Crippen molar-refractivity contribution >= 4 is 17.7 Å². The van der Waals surface area contributed by atoms with E-state index in [1.165, 1.54) is 10.5 Å². The van der Waals surface area contributed by atoms with Crippen LogP contribution in [-0.4, -0.2) is 34.8 Å². The zero-order valence-corrected chi connectivity index (χ0v) is 11.6. The van der Waals surface area contributed by atoms with Crippen LogP contribution in [-0.2, 0) is 4.79 Å². The fourth-order valence-electron chi connectivity index (χ4n) is 2.60. The summed E-state index contributed by atoms with van der Waals surface area (Å²) in [6.45, 7) is 1.93. The minimum atomic E-state index is -0.726. The lowest BCUT2D eigenvalue weighted by molar-refractivity contribution is -0.143. The molecule has 2 atom stereocenters. The Kier molecular flexibility index (Phi) is 4.30. The molecule has 0 saturated carbocycles. The summed E-state index contributed by atoms with van der Waals surface area (Å²) in [6, 6.07) is 8.16. The van der Waals surface area contributed by atoms with Gasteiger partial charge in [0.15, 0.2) is 0 Å². The fraction of sp³-hybridized carbons (Fsp3) is 0.500. The van der Waals surface area contributed by atoms with Crippen molar-refractivity contribution in [3.8, 4) is 0 Å². The predicted molar refractivity (Wildman–Crippen MR) is 74.0 cm³/mol. The maximum atomic E-state index is 11.3. The van der Waals surface area contributed by atoms with Crippen LogP contribution in [0.25, 0.3) is 0 Å². The summed E-state index contributed by atoms with van der Waals surface area (Å²) >= 11 is 1.86. The van der Waals surface area contributed by atoms with Gasteiger partial charge in [0.05, 0.1) is 0 Å². The number of carbonyl (C=O) groups is 1. The summed E-state index contributed by atoms with van der Waals surface area (Å²) in [5.41, 5.74) is 1.27. The van der Waals surface area contributed by atoms with Crippen LogP contribution in [0, 0.1) is 0 Å². The van der Waals surface area contributed by atoms with E-state index in [9.17, 15) is 9.90 Å². The Bertz CT molecular complexity index is 436. The van der Waals surface area contributed by atoms with E-state index in [0.717, 1.165) is 12.2 Å². The standard InChI is InChI=1S/C14H19NO2S/c1-3-11(14(16)17)15(2)12-8-9-18-13-7-5-4-6-10(12)13/h4-7,11-12H,3,8-9H2,1-2H3,(H,16,17). The molecule has 0 spiro atoms. The first kappa shape index (κ1) is 13.4. The molecule has 98 valence electrons. The monoisotopic (exact) mass is 265 g/mol. The summed E-state index contributed by atoms with van der Waals surface area (Å²) in [7, 11) is 1.93. The third kappa shape index (κ3) is 2.54. The van der Waals surface area contributed by atoms with E-state index >= 15 is 0 Å². The van der Waals surface area contributed by atoms with Gasteiger partial charge >= 0.3 is 5.97 Å². The van der Waals surface area contributed by atoms with Gasteiger partial charge in [0, 0.05) is 10.9 Å². The Morgan fingerprint density at radius 1 is 1.56 bits per heavy atom. The maximum Gasteiger partial charge on any atom is 0.320 e. The number of hydrogen-bond acceptors (Lipinski definition) is 3. The molecule has 1 aliphatic heterocycles. The van der Waals surface area contributed by atoms with Gasteiger partial charge in [0.2, 0.25) is 0 Å². The number of thioether (sulfide) groups is 1. The lowest BCUT2D eigenvalue weighted by atomic mass is 10.00. The zero-order chi connectivity index (χ0) is 13.1. The van der Waals surface area contributed by atoms with Crippen LogP contribution < -0.4 is 0 Å². The normalized spacial score (nSPS) is 20.5. The molecule has 3 nitrogen and oxygen atoms in total. The molecule has 0 radical (unpaired) electrons. The van der Waals surface area contributed by atoms with Crippen molar-refractivity contribution in [1.29, 1.82) is 0 Å². The zero-order valence-electron chi connectivity index (χ0n) is 10.8. The average molecular weight is 265 g/mol. The summed E-state index contributed by atoms with van der Waals surface area (Å²) < 4.78 is 0. The Morgan fingerprint density at radius 2 is 2.28 bits per heavy atom. The van der Waals surface area contributed by atoms with Crippen LogP contribution in [0.5, 0.6) is 0 Å². The molecule has 1 aliphatic rings. The van der Waals surface area contributed by atoms with Gasteiger partial charge in [-0.05, 0) is 37.3 Å². The molecule has 4 heteroatoms. The summed E-state index contributed by atoms with van der Waals surface area (Å²) in [6.07, 6.45) is 1.65. The van der Waals surface area contributed by atoms with Gasteiger partial charge in [0.25, 0.3) is 0 Å². The lowest BCUT2D eigenvalue weighted by Crippen LogP contribution is -2.41. The highest BCUT2D eigenvalue weighted by Gasteiger charge is 2.30. The van der Waals surface area contributed by atoms with Gasteiger partial charge in [-0.2, -0.15) is 0 Å². The second-order valence-electron chi connectivity index (χ2n) is 4.62. The number of hydrogen-bond donors (Lipinski definition) is 1. The van der Waals surface area contributed by atoms with Crippen molar-refractivity contribution in [2.24, 2.45) is 0 Å². The van der Waals surface area contributed by atoms with Crippen molar-refractivity contribution in [2.45, 2.75) is 36.7 Å². The van der Waals surface area contributed by atoms with E-state index in [0.29, 0.717) is 6.42 Å². The van der Waals surface area contributed by atoms with Crippen molar-refractivity contribution in [3.63, 3.8) is 0 Å². The van der Waals surface area contributed by atoms with Gasteiger partial charge in [0.1, 0.15) is 6.04 Å². The smallest absolute Gasteiger partial charge is 0.320 e. The largest absolute Gasteiger partial charge is 0.480 e. The summed E-state index contributed by atoms with van der Waals surface area (Å²) in [5, 5.41) is 9.28. The first-order valence-corrected chi connectivity index (χ1v) is 7.30. The molecule has 0 saturated heterocycles. The Hall–Kier alpha value is -1.00. The number of likely N-dealkylation sites (N-methyl/N-ethyl adjacent to an activating group) is 1. The molecule has 0 aliphatic carbocycles. The van der Waals surface area contributed by atoms with E-state index in [1.54, 1.807) is 0 Å². The van der Waals surface area contributed by atoms with Crippen LogP contribution in [0.1, 0.15) is 31.4 Å². The third-order valence-electron chi connectivity index (χ3n) is 3.58. The molecule has 0 amide bonds. The second kappa shape index (κ2) is 5.76. The maximum absolute atomic E-state index is 11.3. The van der Waals surface area contributed by atoms with Gasteiger partial charge in [-0.25, -0.2) is 0 Å². The quantitative estimate of drug-likeness (QED) is 0.908. The first-order valence-electron chi connectivity index (χ1n) is 6.31. The highest BCUT2D eigenvalue weighted by Crippen LogP contribution is 2.39. The molecule has 0 fully saturated rings. The minimum absolute atomic E-state index is 0.225. The third-order valence-corrected chi connectivity index (χ3v) is 4.70. The number of rotatable bonds is 4. The molecule has 1 N–H and O–H groups in total. The Balaban J connectivity index is 2.27. The number of carboxylic acid groups (broad SMARTS) is 1. The van der Waals surface area contributed by atoms with E-state index in [4.69, 9.17) is 0 Å². The highest BCUT2D eigenvalue weighted by atomic mass is 32.2. The van der Waals surface area contributed by atoms with E-state index in [1.807, 2.05) is 42.8 Å². The van der Waals surface area contributed by atoms with E-state index < -0.39 is 12.0 Å². The number of carboxylic acids is 1. The summed E-state index contributed by atoms with van der Waals surface area (Å²) in [4.78, 5) is 14.6. The fourth-order valence-corrected chi connectivity index (χ4v) is 3.71. The van der Waals surface area contributed by atoms with Crippen molar-refractivity contribution < 1.29 is 9.90 Å². The SMILES string of the molecule is CCC(C(=O)O)N(C)C1CCSc2ccccc21. The Morgan fingerprint density at radius 3 is 2.94 bits per heavy atom. The molecule has 1 aromatic rings. The summed E-state index contributed by atoms with van der Waals surface area (Å²) in [5.74, 6) is 0.331. The van der Waals surface area contributed by atoms with Crippen LogP contribution in [0.3, 0.4) is 0 Å². The number of aliphatic carboxylic acids is 1.